The fourth-order valence-corrected chi connectivity index (χ4v) is 4.23. The molecule has 0 saturated carbocycles. The number of carbonyl (C=O) groups is 1. The number of aliphatic hydroxyl groups excluding tert-OH is 2. The van der Waals surface area contributed by atoms with Crippen LogP contribution in [0, 0.1) is 0 Å². The fraction of sp³-hybridized carbons (Fsp3) is 0.381. The lowest BCUT2D eigenvalue weighted by molar-refractivity contribution is -0.165. The number of cyclic esters (lactones) is 1. The minimum atomic E-state index is -1.29. The standard InChI is InChI=1S/C21H22ClN3O5/c1-10(23-2)13-6-7-25(20(13)24-3)21-17(28)16(27)19(30-21)18-14-5-4-12(22)8-11(14)9-15(26)29-18/h4-8,16-19,21,27-28H,3,9H2,1-2H3/t16-,17+,18+,19-,21+/m0/s1. The minimum absolute atomic E-state index is 0.0856. The zero-order chi connectivity index (χ0) is 21.6. The summed E-state index contributed by atoms with van der Waals surface area (Å²) in [5.41, 5.74) is 2.89. The lowest BCUT2D eigenvalue weighted by Gasteiger charge is -2.31. The van der Waals surface area contributed by atoms with Gasteiger partial charge in [0.15, 0.2) is 12.3 Å². The number of rotatable bonds is 4. The molecule has 30 heavy (non-hydrogen) atoms. The van der Waals surface area contributed by atoms with E-state index in [9.17, 15) is 15.0 Å². The highest BCUT2D eigenvalue weighted by Gasteiger charge is 2.50. The summed E-state index contributed by atoms with van der Waals surface area (Å²) in [6.07, 6.45) is -3.58. The summed E-state index contributed by atoms with van der Waals surface area (Å²) < 4.78 is 13.2. The van der Waals surface area contributed by atoms with Gasteiger partial charge in [0.25, 0.3) is 0 Å². The van der Waals surface area contributed by atoms with Gasteiger partial charge in [0, 0.05) is 29.5 Å². The van der Waals surface area contributed by atoms with E-state index in [2.05, 4.69) is 16.7 Å². The zero-order valence-corrected chi connectivity index (χ0v) is 17.3. The van der Waals surface area contributed by atoms with Crippen LogP contribution in [0.3, 0.4) is 0 Å². The first kappa shape index (κ1) is 20.7. The molecule has 0 radical (unpaired) electrons. The van der Waals surface area contributed by atoms with Crippen molar-refractivity contribution in [2.45, 2.75) is 44.0 Å². The average molecular weight is 432 g/mol. The largest absolute Gasteiger partial charge is 0.454 e. The van der Waals surface area contributed by atoms with Crippen molar-refractivity contribution in [3.63, 3.8) is 0 Å². The molecule has 158 valence electrons. The Morgan fingerprint density at radius 2 is 2.07 bits per heavy atom. The molecule has 4 rings (SSSR count). The third-order valence-electron chi connectivity index (χ3n) is 5.61. The quantitative estimate of drug-likeness (QED) is 0.571. The topological polar surface area (TPSA) is 106 Å². The Morgan fingerprint density at radius 1 is 1.30 bits per heavy atom. The molecule has 1 fully saturated rings. The molecule has 0 unspecified atom stereocenters. The molecule has 2 N–H and O–H groups in total. The van der Waals surface area contributed by atoms with Crippen LogP contribution in [0.1, 0.15) is 35.9 Å². The molecule has 0 aliphatic carbocycles. The molecule has 5 atom stereocenters. The lowest BCUT2D eigenvalue weighted by atomic mass is 9.92. The van der Waals surface area contributed by atoms with E-state index in [1.165, 1.54) is 0 Å². The SMILES string of the molecule is C=Nc1c(C(C)=NC)ccn1[C@@H]1O[C@H]([C@@H]2OC(=O)Cc3cc(Cl)ccc32)[C@@H](O)[C@H]1O. The summed E-state index contributed by atoms with van der Waals surface area (Å²) >= 11 is 6.06. The Balaban J connectivity index is 1.69. The van der Waals surface area contributed by atoms with Crippen molar-refractivity contribution in [2.24, 2.45) is 9.98 Å². The van der Waals surface area contributed by atoms with Gasteiger partial charge in [0.2, 0.25) is 0 Å². The van der Waals surface area contributed by atoms with Gasteiger partial charge in [0.1, 0.15) is 24.1 Å². The maximum Gasteiger partial charge on any atom is 0.310 e. The van der Waals surface area contributed by atoms with Gasteiger partial charge in [-0.05, 0) is 43.0 Å². The smallest absolute Gasteiger partial charge is 0.310 e. The molecule has 2 aromatic rings. The highest BCUT2D eigenvalue weighted by molar-refractivity contribution is 6.30. The third kappa shape index (κ3) is 3.35. The van der Waals surface area contributed by atoms with Gasteiger partial charge in [-0.1, -0.05) is 17.7 Å². The molecule has 0 amide bonds. The highest BCUT2D eigenvalue weighted by Crippen LogP contribution is 2.42. The van der Waals surface area contributed by atoms with Crippen LogP contribution in [0.5, 0.6) is 0 Å². The van der Waals surface area contributed by atoms with Crippen molar-refractivity contribution < 1.29 is 24.5 Å². The van der Waals surface area contributed by atoms with Crippen molar-refractivity contribution in [1.82, 2.24) is 4.57 Å². The maximum absolute atomic E-state index is 12.1. The summed E-state index contributed by atoms with van der Waals surface area (Å²) in [6.45, 7) is 5.44. The zero-order valence-electron chi connectivity index (χ0n) is 16.5. The number of ether oxygens (including phenoxy) is 2. The normalized spacial score (nSPS) is 28.9. The Bertz CT molecular complexity index is 1030. The third-order valence-corrected chi connectivity index (χ3v) is 5.85. The van der Waals surface area contributed by atoms with Crippen LogP contribution in [-0.4, -0.2) is 58.5 Å². The van der Waals surface area contributed by atoms with Gasteiger partial charge < -0.3 is 24.3 Å². The molecule has 0 bridgehead atoms. The monoisotopic (exact) mass is 431 g/mol. The predicted octanol–water partition coefficient (Wildman–Crippen LogP) is 2.37. The van der Waals surface area contributed by atoms with Gasteiger partial charge in [-0.25, -0.2) is 4.99 Å². The van der Waals surface area contributed by atoms with Crippen LogP contribution in [0.25, 0.3) is 0 Å². The molecule has 1 aromatic carbocycles. The number of esters is 1. The molecule has 9 heteroatoms. The van der Waals surface area contributed by atoms with Crippen LogP contribution in [0.2, 0.25) is 5.02 Å². The molecule has 0 spiro atoms. The number of fused-ring (bicyclic) bond motifs is 1. The number of benzene rings is 1. The summed E-state index contributed by atoms with van der Waals surface area (Å²) in [4.78, 5) is 20.4. The van der Waals surface area contributed by atoms with Gasteiger partial charge in [0.05, 0.1) is 6.42 Å². The average Bonchev–Trinajstić information content (AvgIpc) is 3.27. The summed E-state index contributed by atoms with van der Waals surface area (Å²) in [5.74, 6) is 0.0119. The second-order valence-corrected chi connectivity index (χ2v) is 7.77. The van der Waals surface area contributed by atoms with E-state index in [0.717, 1.165) is 11.3 Å². The highest BCUT2D eigenvalue weighted by atomic mass is 35.5. The number of nitrogens with zero attached hydrogens (tertiary/aromatic N) is 3. The molecule has 3 heterocycles. The first-order chi connectivity index (χ1) is 14.3. The molecule has 2 aliphatic heterocycles. The van der Waals surface area contributed by atoms with Gasteiger partial charge >= 0.3 is 5.97 Å². The van der Waals surface area contributed by atoms with Gasteiger partial charge in [-0.3, -0.25) is 9.79 Å². The molecule has 1 saturated heterocycles. The van der Waals surface area contributed by atoms with Crippen molar-refractivity contribution in [3.8, 4) is 0 Å². The first-order valence-corrected chi connectivity index (χ1v) is 9.84. The summed E-state index contributed by atoms with van der Waals surface area (Å²) in [5, 5.41) is 22.0. The van der Waals surface area contributed by atoms with E-state index in [4.69, 9.17) is 21.1 Å². The molecular formula is C21H22ClN3O5. The lowest BCUT2D eigenvalue weighted by Crippen LogP contribution is -2.38. The van der Waals surface area contributed by atoms with Gasteiger partial charge in [-0.2, -0.15) is 0 Å². The molecule has 1 aromatic heterocycles. The van der Waals surface area contributed by atoms with E-state index < -0.39 is 36.6 Å². The van der Waals surface area contributed by atoms with E-state index in [-0.39, 0.29) is 6.42 Å². The van der Waals surface area contributed by atoms with Gasteiger partial charge in [-0.15, -0.1) is 0 Å². The molecule has 8 nitrogen and oxygen atoms in total. The number of aromatic nitrogens is 1. The number of hydrogen-bond donors (Lipinski definition) is 2. The summed E-state index contributed by atoms with van der Waals surface area (Å²) in [7, 11) is 1.67. The Hall–Kier alpha value is -2.52. The number of aliphatic imine (C=N–C) groups is 2. The Kier molecular flexibility index (Phi) is 5.50. The molecular weight excluding hydrogens is 410 g/mol. The van der Waals surface area contributed by atoms with Crippen molar-refractivity contribution in [2.75, 3.05) is 7.05 Å². The maximum atomic E-state index is 12.1. The Morgan fingerprint density at radius 3 is 2.77 bits per heavy atom. The second kappa shape index (κ2) is 7.96. The first-order valence-electron chi connectivity index (χ1n) is 9.46. The van der Waals surface area contributed by atoms with Crippen LogP contribution in [-0.2, 0) is 20.7 Å². The minimum Gasteiger partial charge on any atom is -0.454 e. The van der Waals surface area contributed by atoms with E-state index in [1.54, 1.807) is 42.1 Å². The van der Waals surface area contributed by atoms with Crippen molar-refractivity contribution in [3.05, 3.63) is 52.2 Å². The number of hydrogen-bond acceptors (Lipinski definition) is 7. The number of carbonyl (C=O) groups excluding carboxylic acids is 1. The number of halogens is 1. The summed E-state index contributed by atoms with van der Waals surface area (Å²) in [6, 6.07) is 6.92. The van der Waals surface area contributed by atoms with Crippen LogP contribution < -0.4 is 0 Å². The fourth-order valence-electron chi connectivity index (χ4n) is 4.03. The second-order valence-electron chi connectivity index (χ2n) is 7.33. The van der Waals surface area contributed by atoms with E-state index in [0.29, 0.717) is 22.0 Å². The van der Waals surface area contributed by atoms with E-state index >= 15 is 0 Å². The van der Waals surface area contributed by atoms with E-state index in [1.807, 2.05) is 6.92 Å². The number of aliphatic hydroxyl groups is 2. The molecule has 2 aliphatic rings. The van der Waals surface area contributed by atoms with Crippen LogP contribution >= 0.6 is 11.6 Å². The Labute approximate surface area is 178 Å². The van der Waals surface area contributed by atoms with Crippen molar-refractivity contribution in [1.29, 1.82) is 0 Å². The van der Waals surface area contributed by atoms with Crippen LogP contribution in [0.15, 0.2) is 40.4 Å². The van der Waals surface area contributed by atoms with Crippen molar-refractivity contribution >= 4 is 35.8 Å². The predicted molar refractivity (Wildman–Crippen MR) is 112 cm³/mol. The van der Waals surface area contributed by atoms with Crippen LogP contribution in [0.4, 0.5) is 5.82 Å².